The zero-order valence-corrected chi connectivity index (χ0v) is 14.5. The van der Waals surface area contributed by atoms with Gasteiger partial charge in [0.05, 0.1) is 6.54 Å². The quantitative estimate of drug-likeness (QED) is 0.826. The predicted molar refractivity (Wildman–Crippen MR) is 89.6 cm³/mol. The molecule has 0 radical (unpaired) electrons. The molecule has 2 aliphatic carbocycles. The van der Waals surface area contributed by atoms with Crippen LogP contribution in [0, 0.1) is 11.3 Å². The topological polar surface area (TPSA) is 64.1 Å². The molecule has 24 heavy (non-hydrogen) atoms. The highest BCUT2D eigenvalue weighted by molar-refractivity contribution is 5.83. The SMILES string of the molecule is O=C(O)CN1CCC2(CC1)CC2C(=O)N1CCN(C2CCC2)CC1. The van der Waals surface area contributed by atoms with Crippen molar-refractivity contribution in [2.45, 2.75) is 44.6 Å². The Morgan fingerprint density at radius 3 is 2.21 bits per heavy atom. The summed E-state index contributed by atoms with van der Waals surface area (Å²) in [5.41, 5.74) is 0.192. The zero-order chi connectivity index (χ0) is 16.7. The van der Waals surface area contributed by atoms with Gasteiger partial charge in [-0.05, 0) is 50.6 Å². The van der Waals surface area contributed by atoms with Crippen LogP contribution in [0.4, 0.5) is 0 Å². The van der Waals surface area contributed by atoms with Gasteiger partial charge in [0.1, 0.15) is 0 Å². The lowest BCUT2D eigenvalue weighted by Crippen LogP contribution is -2.54. The summed E-state index contributed by atoms with van der Waals surface area (Å²) in [6.07, 6.45) is 7.04. The first-order valence-electron chi connectivity index (χ1n) is 9.54. The number of carbonyl (C=O) groups is 2. The van der Waals surface area contributed by atoms with E-state index in [0.717, 1.165) is 64.6 Å². The van der Waals surface area contributed by atoms with Crippen LogP contribution in [0.3, 0.4) is 0 Å². The first kappa shape index (κ1) is 16.3. The van der Waals surface area contributed by atoms with Gasteiger partial charge < -0.3 is 10.0 Å². The van der Waals surface area contributed by atoms with Crippen molar-refractivity contribution in [3.05, 3.63) is 0 Å². The van der Waals surface area contributed by atoms with Crippen molar-refractivity contribution in [3.63, 3.8) is 0 Å². The van der Waals surface area contributed by atoms with Gasteiger partial charge in [-0.25, -0.2) is 0 Å². The molecule has 1 spiro atoms. The standard InChI is InChI=1S/C18H29N3O3/c22-16(23)13-19-6-4-18(5-7-19)12-15(18)17(24)21-10-8-20(9-11-21)14-2-1-3-14/h14-15H,1-13H2,(H,22,23). The van der Waals surface area contributed by atoms with Crippen molar-refractivity contribution in [2.75, 3.05) is 45.8 Å². The van der Waals surface area contributed by atoms with Crippen LogP contribution < -0.4 is 0 Å². The van der Waals surface area contributed by atoms with E-state index < -0.39 is 5.97 Å². The molecule has 4 rings (SSSR count). The molecule has 2 aliphatic heterocycles. The van der Waals surface area contributed by atoms with Gasteiger partial charge in [-0.15, -0.1) is 0 Å². The molecule has 134 valence electrons. The summed E-state index contributed by atoms with van der Waals surface area (Å²) in [5, 5.41) is 8.90. The molecule has 2 saturated carbocycles. The maximum absolute atomic E-state index is 12.9. The second-order valence-electron chi connectivity index (χ2n) is 8.23. The lowest BCUT2D eigenvalue weighted by molar-refractivity contribution is -0.139. The molecule has 0 aromatic carbocycles. The first-order valence-corrected chi connectivity index (χ1v) is 9.54. The maximum Gasteiger partial charge on any atom is 0.317 e. The van der Waals surface area contributed by atoms with Crippen LogP contribution in [0.1, 0.15) is 38.5 Å². The largest absolute Gasteiger partial charge is 0.480 e. The monoisotopic (exact) mass is 335 g/mol. The van der Waals surface area contributed by atoms with Gasteiger partial charge in [0, 0.05) is 38.1 Å². The van der Waals surface area contributed by atoms with E-state index >= 15 is 0 Å². The average molecular weight is 335 g/mol. The lowest BCUT2D eigenvalue weighted by atomic mass is 9.90. The number of piperazine rings is 1. The number of carboxylic acids is 1. The number of piperidine rings is 1. The summed E-state index contributed by atoms with van der Waals surface area (Å²) in [6, 6.07) is 0.785. The molecule has 4 fully saturated rings. The van der Waals surface area contributed by atoms with E-state index in [1.54, 1.807) is 0 Å². The van der Waals surface area contributed by atoms with Crippen molar-refractivity contribution in [3.8, 4) is 0 Å². The lowest BCUT2D eigenvalue weighted by Gasteiger charge is -2.43. The molecule has 4 aliphatic rings. The molecule has 0 aromatic rings. The summed E-state index contributed by atoms with van der Waals surface area (Å²) in [7, 11) is 0. The van der Waals surface area contributed by atoms with Crippen LogP contribution in [0.5, 0.6) is 0 Å². The fourth-order valence-corrected chi connectivity index (χ4v) is 4.88. The minimum Gasteiger partial charge on any atom is -0.480 e. The first-order chi connectivity index (χ1) is 11.6. The van der Waals surface area contributed by atoms with Gasteiger partial charge in [-0.2, -0.15) is 0 Å². The smallest absolute Gasteiger partial charge is 0.317 e. The molecular weight excluding hydrogens is 306 g/mol. The molecule has 0 bridgehead atoms. The minimum absolute atomic E-state index is 0.137. The average Bonchev–Trinajstić information content (AvgIpc) is 3.22. The fraction of sp³-hybridized carbons (Fsp3) is 0.889. The van der Waals surface area contributed by atoms with Crippen LogP contribution in [0.2, 0.25) is 0 Å². The van der Waals surface area contributed by atoms with Crippen LogP contribution in [0.15, 0.2) is 0 Å². The summed E-state index contributed by atoms with van der Waals surface area (Å²) in [5.74, 6) is -0.173. The van der Waals surface area contributed by atoms with Gasteiger partial charge in [0.25, 0.3) is 0 Å². The van der Waals surface area contributed by atoms with E-state index in [0.29, 0.717) is 5.91 Å². The summed E-state index contributed by atoms with van der Waals surface area (Å²) >= 11 is 0. The molecule has 1 amide bonds. The number of amides is 1. The third-order valence-electron chi connectivity index (χ3n) is 6.92. The number of carboxylic acid groups (broad SMARTS) is 1. The Morgan fingerprint density at radius 2 is 1.67 bits per heavy atom. The second-order valence-corrected chi connectivity index (χ2v) is 8.23. The van der Waals surface area contributed by atoms with Gasteiger partial charge in [-0.3, -0.25) is 19.4 Å². The van der Waals surface area contributed by atoms with Crippen LogP contribution in [-0.4, -0.2) is 83.5 Å². The Balaban J connectivity index is 1.25. The van der Waals surface area contributed by atoms with Crippen LogP contribution >= 0.6 is 0 Å². The number of carbonyl (C=O) groups excluding carboxylic acids is 1. The van der Waals surface area contributed by atoms with Crippen molar-refractivity contribution < 1.29 is 14.7 Å². The molecule has 2 heterocycles. The fourth-order valence-electron chi connectivity index (χ4n) is 4.88. The van der Waals surface area contributed by atoms with Crippen LogP contribution in [0.25, 0.3) is 0 Å². The molecule has 0 aromatic heterocycles. The number of hydrogen-bond acceptors (Lipinski definition) is 4. The van der Waals surface area contributed by atoms with Crippen molar-refractivity contribution in [2.24, 2.45) is 11.3 Å². The van der Waals surface area contributed by atoms with Crippen molar-refractivity contribution >= 4 is 11.9 Å². The Bertz CT molecular complexity index is 504. The van der Waals surface area contributed by atoms with E-state index in [2.05, 4.69) is 9.80 Å². The predicted octanol–water partition coefficient (Wildman–Crippen LogP) is 0.870. The minimum atomic E-state index is -0.751. The summed E-state index contributed by atoms with van der Waals surface area (Å²) in [6.45, 7) is 5.67. The highest BCUT2D eigenvalue weighted by atomic mass is 16.4. The number of aliphatic carboxylic acids is 1. The third-order valence-corrected chi connectivity index (χ3v) is 6.92. The van der Waals surface area contributed by atoms with Crippen molar-refractivity contribution in [1.29, 1.82) is 0 Å². The second kappa shape index (κ2) is 6.30. The molecule has 6 heteroatoms. The third kappa shape index (κ3) is 3.06. The maximum atomic E-state index is 12.9. The Labute approximate surface area is 143 Å². The number of rotatable bonds is 4. The highest BCUT2D eigenvalue weighted by Gasteiger charge is 2.59. The molecule has 2 saturated heterocycles. The molecule has 1 atom stereocenters. The number of nitrogens with zero attached hydrogens (tertiary/aromatic N) is 3. The van der Waals surface area contributed by atoms with Gasteiger partial charge in [-0.1, -0.05) is 6.42 Å². The Morgan fingerprint density at radius 1 is 1.00 bits per heavy atom. The summed E-state index contributed by atoms with van der Waals surface area (Å²) in [4.78, 5) is 30.3. The highest BCUT2D eigenvalue weighted by Crippen LogP contribution is 2.60. The molecular formula is C18H29N3O3. The van der Waals surface area contributed by atoms with Crippen molar-refractivity contribution in [1.82, 2.24) is 14.7 Å². The van der Waals surface area contributed by atoms with E-state index in [1.807, 2.05) is 4.90 Å². The van der Waals surface area contributed by atoms with E-state index in [1.165, 1.54) is 19.3 Å². The molecule has 1 N–H and O–H groups in total. The van der Waals surface area contributed by atoms with Gasteiger partial charge in [0.15, 0.2) is 0 Å². The normalized spacial score (nSPS) is 31.0. The Kier molecular flexibility index (Phi) is 4.29. The van der Waals surface area contributed by atoms with E-state index in [9.17, 15) is 9.59 Å². The molecule has 1 unspecified atom stereocenters. The van der Waals surface area contributed by atoms with Gasteiger partial charge in [0.2, 0.25) is 5.91 Å². The number of likely N-dealkylation sites (tertiary alicyclic amines) is 1. The molecule has 6 nitrogen and oxygen atoms in total. The zero-order valence-electron chi connectivity index (χ0n) is 14.5. The van der Waals surface area contributed by atoms with Crippen LogP contribution in [-0.2, 0) is 9.59 Å². The Hall–Kier alpha value is -1.14. The van der Waals surface area contributed by atoms with E-state index in [-0.39, 0.29) is 17.9 Å². The van der Waals surface area contributed by atoms with Gasteiger partial charge >= 0.3 is 5.97 Å². The summed E-state index contributed by atoms with van der Waals surface area (Å²) < 4.78 is 0. The number of hydrogen-bond donors (Lipinski definition) is 1. The van der Waals surface area contributed by atoms with E-state index in [4.69, 9.17) is 5.11 Å².